The van der Waals surface area contributed by atoms with Gasteiger partial charge < -0.3 is 21.7 Å². The van der Waals surface area contributed by atoms with Crippen molar-refractivity contribution in [3.05, 3.63) is 59.3 Å². The number of benzene rings is 1. The van der Waals surface area contributed by atoms with E-state index in [1.165, 1.54) is 5.56 Å². The zero-order valence-corrected chi connectivity index (χ0v) is 16.9. The van der Waals surface area contributed by atoms with Crippen LogP contribution in [0.3, 0.4) is 0 Å². The number of carbonyl (C=O) groups is 2. The van der Waals surface area contributed by atoms with Crippen molar-refractivity contribution in [1.82, 2.24) is 20.9 Å². The summed E-state index contributed by atoms with van der Waals surface area (Å²) in [5.74, 6) is 0.507. The SMILES string of the molecule is Cc1nc(N)ccc1CNC(=O)[C@H](C)NC(=O)[C@H]1C[C@@H](Cc2ccccc2)CN1. The Morgan fingerprint density at radius 1 is 1.24 bits per heavy atom. The molecule has 2 aromatic rings. The van der Waals surface area contributed by atoms with Crippen molar-refractivity contribution >= 4 is 17.6 Å². The Kier molecular flexibility index (Phi) is 6.82. The normalized spacial score (nSPS) is 19.5. The lowest BCUT2D eigenvalue weighted by molar-refractivity contribution is -0.129. The zero-order valence-electron chi connectivity index (χ0n) is 16.9. The molecular formula is C22H29N5O2. The van der Waals surface area contributed by atoms with Crippen LogP contribution >= 0.6 is 0 Å². The third-order valence-corrected chi connectivity index (χ3v) is 5.33. The molecule has 1 aromatic carbocycles. The molecule has 7 heteroatoms. The summed E-state index contributed by atoms with van der Waals surface area (Å²) in [5, 5.41) is 8.94. The van der Waals surface area contributed by atoms with Gasteiger partial charge in [-0.1, -0.05) is 36.4 Å². The highest BCUT2D eigenvalue weighted by atomic mass is 16.2. The topological polar surface area (TPSA) is 109 Å². The van der Waals surface area contributed by atoms with Crippen molar-refractivity contribution in [2.45, 2.75) is 45.3 Å². The Balaban J connectivity index is 1.44. The van der Waals surface area contributed by atoms with E-state index in [2.05, 4.69) is 33.1 Å². The second kappa shape index (κ2) is 9.52. The predicted octanol–water partition coefficient (Wildman–Crippen LogP) is 1.31. The standard InChI is InChI=1S/C22H29N5O2/c1-14-18(8-9-20(23)26-14)13-25-21(28)15(2)27-22(29)19-11-17(12-24-19)10-16-6-4-3-5-7-16/h3-9,15,17,19,24H,10-13H2,1-2H3,(H2,23,26)(H,25,28)(H,27,29)/t15-,17+,19+/m0/s1. The molecular weight excluding hydrogens is 366 g/mol. The molecule has 1 aromatic heterocycles. The lowest BCUT2D eigenvalue weighted by atomic mass is 9.96. The third-order valence-electron chi connectivity index (χ3n) is 5.33. The van der Waals surface area contributed by atoms with Crippen LogP contribution in [0.5, 0.6) is 0 Å². The van der Waals surface area contributed by atoms with Crippen LogP contribution in [0.2, 0.25) is 0 Å². The summed E-state index contributed by atoms with van der Waals surface area (Å²) in [4.78, 5) is 29.1. The molecule has 0 spiro atoms. The molecule has 0 unspecified atom stereocenters. The van der Waals surface area contributed by atoms with E-state index in [1.807, 2.05) is 31.2 Å². The Morgan fingerprint density at radius 2 is 2.00 bits per heavy atom. The maximum Gasteiger partial charge on any atom is 0.242 e. The first kappa shape index (κ1) is 20.8. The van der Waals surface area contributed by atoms with Crippen molar-refractivity contribution in [2.24, 2.45) is 5.92 Å². The number of nitrogen functional groups attached to an aromatic ring is 1. The number of hydrogen-bond donors (Lipinski definition) is 4. The highest BCUT2D eigenvalue weighted by molar-refractivity contribution is 5.89. The molecule has 3 atom stereocenters. The summed E-state index contributed by atoms with van der Waals surface area (Å²) in [7, 11) is 0. The third kappa shape index (κ3) is 5.77. The van der Waals surface area contributed by atoms with Crippen molar-refractivity contribution in [3.8, 4) is 0 Å². The predicted molar refractivity (Wildman–Crippen MR) is 113 cm³/mol. The second-order valence-electron chi connectivity index (χ2n) is 7.68. The number of aryl methyl sites for hydroxylation is 1. The van der Waals surface area contributed by atoms with E-state index < -0.39 is 6.04 Å². The van der Waals surface area contributed by atoms with Gasteiger partial charge in [-0.3, -0.25) is 9.59 Å². The Labute approximate surface area is 171 Å². The molecule has 0 saturated carbocycles. The van der Waals surface area contributed by atoms with E-state index >= 15 is 0 Å². The minimum Gasteiger partial charge on any atom is -0.384 e. The average molecular weight is 396 g/mol. The van der Waals surface area contributed by atoms with Crippen LogP contribution in [0.1, 0.15) is 30.2 Å². The molecule has 2 heterocycles. The van der Waals surface area contributed by atoms with Crippen molar-refractivity contribution < 1.29 is 9.59 Å². The van der Waals surface area contributed by atoms with Crippen molar-refractivity contribution in [1.29, 1.82) is 0 Å². The smallest absolute Gasteiger partial charge is 0.242 e. The molecule has 5 N–H and O–H groups in total. The number of amides is 2. The highest BCUT2D eigenvalue weighted by Gasteiger charge is 2.30. The molecule has 0 aliphatic carbocycles. The highest BCUT2D eigenvalue weighted by Crippen LogP contribution is 2.19. The van der Waals surface area contributed by atoms with Crippen LogP contribution < -0.4 is 21.7 Å². The molecule has 0 radical (unpaired) electrons. The number of pyridine rings is 1. The van der Waals surface area contributed by atoms with Crippen LogP contribution in [-0.4, -0.2) is 35.4 Å². The molecule has 1 aliphatic rings. The first-order valence-corrected chi connectivity index (χ1v) is 9.99. The van der Waals surface area contributed by atoms with Crippen LogP contribution in [0.25, 0.3) is 0 Å². The van der Waals surface area contributed by atoms with Gasteiger partial charge in [0.25, 0.3) is 0 Å². The first-order valence-electron chi connectivity index (χ1n) is 9.99. The van der Waals surface area contributed by atoms with E-state index in [9.17, 15) is 9.59 Å². The number of nitrogens with one attached hydrogen (secondary N) is 3. The number of hydrogen-bond acceptors (Lipinski definition) is 5. The fourth-order valence-electron chi connectivity index (χ4n) is 3.62. The molecule has 7 nitrogen and oxygen atoms in total. The molecule has 29 heavy (non-hydrogen) atoms. The van der Waals surface area contributed by atoms with Gasteiger partial charge in [-0.15, -0.1) is 0 Å². The largest absolute Gasteiger partial charge is 0.384 e. The van der Waals surface area contributed by atoms with E-state index in [0.717, 1.165) is 30.6 Å². The van der Waals surface area contributed by atoms with Gasteiger partial charge in [0.1, 0.15) is 11.9 Å². The summed E-state index contributed by atoms with van der Waals surface area (Å²) < 4.78 is 0. The molecule has 3 rings (SSSR count). The van der Waals surface area contributed by atoms with Gasteiger partial charge >= 0.3 is 0 Å². The second-order valence-corrected chi connectivity index (χ2v) is 7.68. The number of carbonyl (C=O) groups excluding carboxylic acids is 2. The van der Waals surface area contributed by atoms with Crippen LogP contribution in [0.15, 0.2) is 42.5 Å². The van der Waals surface area contributed by atoms with Crippen LogP contribution in [-0.2, 0) is 22.6 Å². The minimum atomic E-state index is -0.612. The maximum absolute atomic E-state index is 12.5. The van der Waals surface area contributed by atoms with Gasteiger partial charge in [-0.25, -0.2) is 4.98 Å². The maximum atomic E-state index is 12.5. The number of nitrogens with two attached hydrogens (primary N) is 1. The Bertz CT molecular complexity index is 856. The lowest BCUT2D eigenvalue weighted by Gasteiger charge is -2.17. The van der Waals surface area contributed by atoms with Gasteiger partial charge in [-0.05, 0) is 56.3 Å². The molecule has 2 amide bonds. The Hall–Kier alpha value is -2.93. The van der Waals surface area contributed by atoms with Gasteiger partial charge in [0.15, 0.2) is 0 Å². The molecule has 1 aliphatic heterocycles. The number of rotatable bonds is 7. The fourth-order valence-corrected chi connectivity index (χ4v) is 3.62. The summed E-state index contributed by atoms with van der Waals surface area (Å²) in [6, 6.07) is 13.0. The van der Waals surface area contributed by atoms with Gasteiger partial charge in [0.2, 0.25) is 11.8 Å². The van der Waals surface area contributed by atoms with Crippen LogP contribution in [0, 0.1) is 12.8 Å². The first-order chi connectivity index (χ1) is 13.9. The minimum absolute atomic E-state index is 0.131. The van der Waals surface area contributed by atoms with Gasteiger partial charge in [0.05, 0.1) is 6.04 Å². The number of anilines is 1. The van der Waals surface area contributed by atoms with Crippen molar-refractivity contribution in [2.75, 3.05) is 12.3 Å². The Morgan fingerprint density at radius 3 is 2.72 bits per heavy atom. The monoisotopic (exact) mass is 395 g/mol. The number of nitrogens with zero attached hydrogens (tertiary/aromatic N) is 1. The van der Waals surface area contributed by atoms with Crippen molar-refractivity contribution in [3.63, 3.8) is 0 Å². The molecule has 1 saturated heterocycles. The van der Waals surface area contributed by atoms with E-state index in [1.54, 1.807) is 13.0 Å². The fraction of sp³-hybridized carbons (Fsp3) is 0.409. The number of aromatic nitrogens is 1. The van der Waals surface area contributed by atoms with Gasteiger partial charge in [0, 0.05) is 12.2 Å². The molecule has 0 bridgehead atoms. The summed E-state index contributed by atoms with van der Waals surface area (Å²) in [5.41, 5.74) is 8.60. The zero-order chi connectivity index (χ0) is 20.8. The van der Waals surface area contributed by atoms with Crippen LogP contribution in [0.4, 0.5) is 5.82 Å². The summed E-state index contributed by atoms with van der Waals surface area (Å²) >= 11 is 0. The van der Waals surface area contributed by atoms with E-state index in [0.29, 0.717) is 18.3 Å². The van der Waals surface area contributed by atoms with Gasteiger partial charge in [-0.2, -0.15) is 0 Å². The summed E-state index contributed by atoms with van der Waals surface area (Å²) in [6.07, 6.45) is 1.72. The van der Waals surface area contributed by atoms with E-state index in [4.69, 9.17) is 5.73 Å². The quantitative estimate of drug-likeness (QED) is 0.565. The average Bonchev–Trinajstić information content (AvgIpc) is 3.16. The molecule has 154 valence electrons. The summed E-state index contributed by atoms with van der Waals surface area (Å²) in [6.45, 7) is 4.69. The van der Waals surface area contributed by atoms with E-state index in [-0.39, 0.29) is 17.9 Å². The lowest BCUT2D eigenvalue weighted by Crippen LogP contribution is -2.50. The molecule has 1 fully saturated rings.